The highest BCUT2D eigenvalue weighted by molar-refractivity contribution is 7.87. The van der Waals surface area contributed by atoms with E-state index in [2.05, 4.69) is 4.72 Å². The number of aliphatic carboxylic acids is 1. The Bertz CT molecular complexity index is 386. The first-order valence-electron chi connectivity index (χ1n) is 6.16. The molecule has 1 rings (SSSR count). The van der Waals surface area contributed by atoms with Gasteiger partial charge in [0.2, 0.25) is 0 Å². The highest BCUT2D eigenvalue weighted by Crippen LogP contribution is 2.38. The van der Waals surface area contributed by atoms with Gasteiger partial charge in [-0.2, -0.15) is 12.7 Å². The average Bonchev–Trinajstić information content (AvgIpc) is 2.27. The number of carbonyl (C=O) groups is 1. The lowest BCUT2D eigenvalue weighted by atomic mass is 9.72. The maximum atomic E-state index is 11.7. The van der Waals surface area contributed by atoms with Crippen LogP contribution in [0.1, 0.15) is 38.5 Å². The van der Waals surface area contributed by atoms with Crippen LogP contribution in [0, 0.1) is 5.41 Å². The SMILES string of the molecule is CN(C)S(=O)(=O)NCC1(CC(=O)O)CCCCC1. The Kier molecular flexibility index (Phi) is 5.12. The van der Waals surface area contributed by atoms with Crippen molar-refractivity contribution in [1.29, 1.82) is 0 Å². The van der Waals surface area contributed by atoms with E-state index < -0.39 is 21.6 Å². The maximum absolute atomic E-state index is 11.7. The van der Waals surface area contributed by atoms with Crippen molar-refractivity contribution in [3.05, 3.63) is 0 Å². The van der Waals surface area contributed by atoms with Gasteiger partial charge in [-0.15, -0.1) is 0 Å². The third-order valence-corrected chi connectivity index (χ3v) is 5.02. The fourth-order valence-corrected chi connectivity index (χ4v) is 3.16. The van der Waals surface area contributed by atoms with Gasteiger partial charge in [-0.1, -0.05) is 19.3 Å². The molecule has 0 atom stereocenters. The molecule has 106 valence electrons. The van der Waals surface area contributed by atoms with Gasteiger partial charge in [0.1, 0.15) is 0 Å². The van der Waals surface area contributed by atoms with E-state index in [-0.39, 0.29) is 13.0 Å². The molecule has 0 aliphatic heterocycles. The van der Waals surface area contributed by atoms with E-state index >= 15 is 0 Å². The average molecular weight is 278 g/mol. The van der Waals surface area contributed by atoms with Gasteiger partial charge in [-0.3, -0.25) is 4.79 Å². The Morgan fingerprint density at radius 3 is 2.28 bits per heavy atom. The molecular weight excluding hydrogens is 256 g/mol. The number of rotatable bonds is 6. The zero-order valence-electron chi connectivity index (χ0n) is 11.0. The lowest BCUT2D eigenvalue weighted by Gasteiger charge is -2.36. The summed E-state index contributed by atoms with van der Waals surface area (Å²) < 4.78 is 26.9. The maximum Gasteiger partial charge on any atom is 0.303 e. The van der Waals surface area contributed by atoms with E-state index in [4.69, 9.17) is 5.11 Å². The van der Waals surface area contributed by atoms with Gasteiger partial charge in [0.05, 0.1) is 6.42 Å². The van der Waals surface area contributed by atoms with Gasteiger partial charge in [-0.25, -0.2) is 4.72 Å². The zero-order valence-corrected chi connectivity index (χ0v) is 11.8. The van der Waals surface area contributed by atoms with Crippen LogP contribution >= 0.6 is 0 Å². The Hall–Kier alpha value is -0.660. The minimum atomic E-state index is -3.48. The number of carboxylic acid groups (broad SMARTS) is 1. The molecular formula is C11H22N2O4S. The minimum absolute atomic E-state index is 0.0307. The van der Waals surface area contributed by atoms with Crippen molar-refractivity contribution in [2.75, 3.05) is 20.6 Å². The largest absolute Gasteiger partial charge is 0.481 e. The van der Waals surface area contributed by atoms with Gasteiger partial charge in [0.25, 0.3) is 10.2 Å². The van der Waals surface area contributed by atoms with Crippen LogP contribution in [0.5, 0.6) is 0 Å². The quantitative estimate of drug-likeness (QED) is 0.752. The van der Waals surface area contributed by atoms with Crippen LogP contribution in [-0.4, -0.2) is 44.4 Å². The third-order valence-electron chi connectivity index (χ3n) is 3.55. The molecule has 18 heavy (non-hydrogen) atoms. The van der Waals surface area contributed by atoms with Crippen molar-refractivity contribution in [1.82, 2.24) is 9.03 Å². The number of nitrogens with zero attached hydrogens (tertiary/aromatic N) is 1. The topological polar surface area (TPSA) is 86.7 Å². The highest BCUT2D eigenvalue weighted by atomic mass is 32.2. The van der Waals surface area contributed by atoms with Crippen LogP contribution in [-0.2, 0) is 15.0 Å². The number of hydrogen-bond donors (Lipinski definition) is 2. The number of nitrogens with one attached hydrogen (secondary N) is 1. The monoisotopic (exact) mass is 278 g/mol. The Balaban J connectivity index is 2.70. The predicted molar refractivity (Wildman–Crippen MR) is 68.4 cm³/mol. The summed E-state index contributed by atoms with van der Waals surface area (Å²) in [5.41, 5.74) is -0.423. The molecule has 1 aliphatic rings. The van der Waals surface area contributed by atoms with Gasteiger partial charge < -0.3 is 5.11 Å². The first-order chi connectivity index (χ1) is 8.27. The first kappa shape index (κ1) is 15.4. The molecule has 0 saturated heterocycles. The van der Waals surface area contributed by atoms with Crippen molar-refractivity contribution >= 4 is 16.2 Å². The van der Waals surface area contributed by atoms with E-state index in [9.17, 15) is 13.2 Å². The van der Waals surface area contributed by atoms with Crippen molar-refractivity contribution in [2.45, 2.75) is 38.5 Å². The summed E-state index contributed by atoms with van der Waals surface area (Å²) in [5, 5.41) is 8.98. The Morgan fingerprint density at radius 1 is 1.28 bits per heavy atom. The second-order valence-corrected chi connectivity index (χ2v) is 7.21. The van der Waals surface area contributed by atoms with Crippen molar-refractivity contribution < 1.29 is 18.3 Å². The van der Waals surface area contributed by atoms with Gasteiger partial charge in [0.15, 0.2) is 0 Å². The van der Waals surface area contributed by atoms with Crippen molar-refractivity contribution in [3.8, 4) is 0 Å². The van der Waals surface area contributed by atoms with Crippen LogP contribution in [0.4, 0.5) is 0 Å². The van der Waals surface area contributed by atoms with Gasteiger partial charge in [0, 0.05) is 20.6 Å². The van der Waals surface area contributed by atoms with Gasteiger partial charge >= 0.3 is 5.97 Å². The number of carboxylic acids is 1. The molecule has 1 saturated carbocycles. The van der Waals surface area contributed by atoms with E-state index in [0.29, 0.717) is 0 Å². The third kappa shape index (κ3) is 4.22. The van der Waals surface area contributed by atoms with E-state index in [0.717, 1.165) is 36.4 Å². The zero-order chi connectivity index (χ0) is 13.8. The molecule has 0 bridgehead atoms. The lowest BCUT2D eigenvalue weighted by molar-refractivity contribution is -0.140. The molecule has 0 amide bonds. The number of hydrogen-bond acceptors (Lipinski definition) is 3. The Morgan fingerprint density at radius 2 is 1.83 bits per heavy atom. The van der Waals surface area contributed by atoms with Crippen LogP contribution in [0.2, 0.25) is 0 Å². The molecule has 0 radical (unpaired) electrons. The minimum Gasteiger partial charge on any atom is -0.481 e. The molecule has 0 heterocycles. The summed E-state index contributed by atoms with van der Waals surface area (Å²) >= 11 is 0. The second kappa shape index (κ2) is 5.99. The van der Waals surface area contributed by atoms with Crippen LogP contribution in [0.3, 0.4) is 0 Å². The van der Waals surface area contributed by atoms with E-state index in [1.165, 1.54) is 14.1 Å². The van der Waals surface area contributed by atoms with Crippen molar-refractivity contribution in [3.63, 3.8) is 0 Å². The lowest BCUT2D eigenvalue weighted by Crippen LogP contribution is -2.44. The molecule has 1 aliphatic carbocycles. The predicted octanol–water partition coefficient (Wildman–Crippen LogP) is 0.808. The first-order valence-corrected chi connectivity index (χ1v) is 7.60. The summed E-state index contributed by atoms with van der Waals surface area (Å²) in [6, 6.07) is 0. The summed E-state index contributed by atoms with van der Waals surface area (Å²) in [5.74, 6) is -0.860. The second-order valence-electron chi connectivity index (χ2n) is 5.24. The van der Waals surface area contributed by atoms with Gasteiger partial charge in [-0.05, 0) is 18.3 Å². The molecule has 0 aromatic carbocycles. The summed E-state index contributed by atoms with van der Waals surface area (Å²) in [6.45, 7) is 0.208. The summed E-state index contributed by atoms with van der Waals surface area (Å²) in [7, 11) is -0.578. The van der Waals surface area contributed by atoms with E-state index in [1.54, 1.807) is 0 Å². The van der Waals surface area contributed by atoms with Crippen molar-refractivity contribution in [2.24, 2.45) is 5.41 Å². The fraction of sp³-hybridized carbons (Fsp3) is 0.909. The molecule has 1 fully saturated rings. The Labute approximate surface area is 109 Å². The molecule has 0 spiro atoms. The molecule has 0 aromatic rings. The molecule has 0 unspecified atom stereocenters. The smallest absolute Gasteiger partial charge is 0.303 e. The summed E-state index contributed by atoms with van der Waals surface area (Å²) in [6.07, 6.45) is 4.61. The normalized spacial score (nSPS) is 19.9. The van der Waals surface area contributed by atoms with Crippen LogP contribution < -0.4 is 4.72 Å². The van der Waals surface area contributed by atoms with E-state index in [1.807, 2.05) is 0 Å². The molecule has 7 heteroatoms. The molecule has 6 nitrogen and oxygen atoms in total. The highest BCUT2D eigenvalue weighted by Gasteiger charge is 2.35. The standard InChI is InChI=1S/C11H22N2O4S/c1-13(2)18(16,17)12-9-11(8-10(14)15)6-4-3-5-7-11/h12H,3-9H2,1-2H3,(H,14,15). The fourth-order valence-electron chi connectivity index (χ4n) is 2.41. The molecule has 0 aromatic heterocycles. The van der Waals surface area contributed by atoms with Crippen LogP contribution in [0.25, 0.3) is 0 Å². The molecule has 2 N–H and O–H groups in total. The van der Waals surface area contributed by atoms with Crippen LogP contribution in [0.15, 0.2) is 0 Å². The summed E-state index contributed by atoms with van der Waals surface area (Å²) in [4.78, 5) is 10.9.